The zero-order valence-corrected chi connectivity index (χ0v) is 9.58. The second-order valence-corrected chi connectivity index (χ2v) is 5.11. The molecule has 0 saturated heterocycles. The monoisotopic (exact) mass is 206 g/mol. The van der Waals surface area contributed by atoms with E-state index in [1.54, 1.807) is 0 Å². The van der Waals surface area contributed by atoms with Crippen molar-refractivity contribution in [3.05, 3.63) is 23.3 Å². The van der Waals surface area contributed by atoms with Gasteiger partial charge >= 0.3 is 5.97 Å². The van der Waals surface area contributed by atoms with Crippen LogP contribution in [-0.4, -0.2) is 11.1 Å². The average molecular weight is 206 g/mol. The lowest BCUT2D eigenvalue weighted by atomic mass is 9.58. The van der Waals surface area contributed by atoms with Crippen molar-refractivity contribution in [3.63, 3.8) is 0 Å². The predicted octanol–water partition coefficient (Wildman–Crippen LogP) is 3.01. The van der Waals surface area contributed by atoms with Gasteiger partial charge in [0.05, 0.1) is 0 Å². The highest BCUT2D eigenvalue weighted by atomic mass is 16.4. The van der Waals surface area contributed by atoms with Crippen molar-refractivity contribution in [2.45, 2.75) is 33.6 Å². The van der Waals surface area contributed by atoms with Gasteiger partial charge in [-0.1, -0.05) is 31.6 Å². The van der Waals surface area contributed by atoms with Gasteiger partial charge in [0.2, 0.25) is 0 Å². The molecule has 2 bridgehead atoms. The molecular weight excluding hydrogens is 188 g/mol. The van der Waals surface area contributed by atoms with Crippen LogP contribution in [0.4, 0.5) is 0 Å². The van der Waals surface area contributed by atoms with Gasteiger partial charge in [-0.15, -0.1) is 0 Å². The Morgan fingerprint density at radius 1 is 1.60 bits per heavy atom. The van der Waals surface area contributed by atoms with E-state index in [2.05, 4.69) is 26.8 Å². The third kappa shape index (κ3) is 1.35. The molecule has 3 aliphatic carbocycles. The molecule has 3 aliphatic rings. The molecule has 1 N–H and O–H groups in total. The Morgan fingerprint density at radius 3 is 2.73 bits per heavy atom. The number of aliphatic carboxylic acids is 1. The first-order valence-electron chi connectivity index (χ1n) is 5.62. The van der Waals surface area contributed by atoms with Crippen molar-refractivity contribution in [3.8, 4) is 0 Å². The Hall–Kier alpha value is -1.05. The minimum Gasteiger partial charge on any atom is -0.478 e. The first-order valence-corrected chi connectivity index (χ1v) is 5.62. The third-order valence-corrected chi connectivity index (χ3v) is 4.07. The number of carboxylic acids is 1. The fourth-order valence-corrected chi connectivity index (χ4v) is 3.03. The van der Waals surface area contributed by atoms with Gasteiger partial charge in [0.15, 0.2) is 0 Å². The molecule has 2 unspecified atom stereocenters. The number of carboxylic acid groups (broad SMARTS) is 1. The number of hydrogen-bond donors (Lipinski definition) is 1. The topological polar surface area (TPSA) is 37.3 Å². The number of allylic oxidation sites excluding steroid dienone is 3. The Balaban J connectivity index is 2.52. The molecule has 2 heteroatoms. The molecule has 0 radical (unpaired) electrons. The van der Waals surface area contributed by atoms with Gasteiger partial charge in [-0.25, -0.2) is 4.79 Å². The summed E-state index contributed by atoms with van der Waals surface area (Å²) in [7, 11) is 0. The number of rotatable bonds is 2. The first kappa shape index (κ1) is 10.5. The molecule has 0 aliphatic heterocycles. The summed E-state index contributed by atoms with van der Waals surface area (Å²) in [5, 5.41) is 9.26. The summed E-state index contributed by atoms with van der Waals surface area (Å²) in [5.41, 5.74) is 1.77. The second-order valence-electron chi connectivity index (χ2n) is 5.11. The van der Waals surface area contributed by atoms with E-state index in [1.165, 1.54) is 5.57 Å². The lowest BCUT2D eigenvalue weighted by Crippen LogP contribution is -2.39. The van der Waals surface area contributed by atoms with Gasteiger partial charge in [-0.05, 0) is 31.6 Å². The van der Waals surface area contributed by atoms with Crippen molar-refractivity contribution in [1.29, 1.82) is 0 Å². The van der Waals surface area contributed by atoms with Crippen LogP contribution in [0.3, 0.4) is 0 Å². The maximum atomic E-state index is 11.3. The minimum atomic E-state index is -0.739. The lowest BCUT2D eigenvalue weighted by molar-refractivity contribution is -0.134. The molecule has 0 spiro atoms. The molecule has 2 atom stereocenters. The molecule has 0 aromatic rings. The maximum absolute atomic E-state index is 11.3. The predicted molar refractivity (Wildman–Crippen MR) is 59.5 cm³/mol. The van der Waals surface area contributed by atoms with Crippen molar-refractivity contribution in [1.82, 2.24) is 0 Å². The standard InChI is InChI=1S/C13H18O2/c1-8(2)13-5-4-10(9(3)7-13)6-11(13)12(14)15/h6-8,10H,4-5H2,1-3H3,(H,14,15). The smallest absolute Gasteiger partial charge is 0.332 e. The Kier molecular flexibility index (Phi) is 2.25. The zero-order valence-electron chi connectivity index (χ0n) is 9.58. The maximum Gasteiger partial charge on any atom is 0.332 e. The number of fused-ring (bicyclic) bond motifs is 1. The molecule has 15 heavy (non-hydrogen) atoms. The van der Waals surface area contributed by atoms with Crippen LogP contribution in [-0.2, 0) is 4.79 Å². The first-order chi connectivity index (χ1) is 6.97. The van der Waals surface area contributed by atoms with E-state index < -0.39 is 5.97 Å². The van der Waals surface area contributed by atoms with Gasteiger partial charge in [0, 0.05) is 11.0 Å². The fraction of sp³-hybridized carbons (Fsp3) is 0.615. The normalized spacial score (nSPS) is 34.0. The van der Waals surface area contributed by atoms with Gasteiger partial charge < -0.3 is 5.11 Å². The van der Waals surface area contributed by atoms with Crippen LogP contribution in [0.5, 0.6) is 0 Å². The van der Waals surface area contributed by atoms with Crippen molar-refractivity contribution >= 4 is 5.97 Å². The summed E-state index contributed by atoms with van der Waals surface area (Å²) < 4.78 is 0. The highest BCUT2D eigenvalue weighted by Crippen LogP contribution is 2.52. The van der Waals surface area contributed by atoms with E-state index in [1.807, 2.05) is 6.08 Å². The van der Waals surface area contributed by atoms with Crippen LogP contribution in [0.15, 0.2) is 23.3 Å². The molecule has 0 fully saturated rings. The molecule has 0 saturated carbocycles. The SMILES string of the molecule is CC1=CC2(C(C)C)CCC1C=C2C(=O)O. The highest BCUT2D eigenvalue weighted by Gasteiger charge is 2.45. The average Bonchev–Trinajstić information content (AvgIpc) is 2.17. The van der Waals surface area contributed by atoms with Crippen LogP contribution in [0.1, 0.15) is 33.6 Å². The summed E-state index contributed by atoms with van der Waals surface area (Å²) in [6, 6.07) is 0. The van der Waals surface area contributed by atoms with Crippen LogP contribution in [0, 0.1) is 17.3 Å². The van der Waals surface area contributed by atoms with Crippen LogP contribution in [0.25, 0.3) is 0 Å². The van der Waals surface area contributed by atoms with Gasteiger partial charge in [0.25, 0.3) is 0 Å². The highest BCUT2D eigenvalue weighted by molar-refractivity contribution is 5.89. The lowest BCUT2D eigenvalue weighted by Gasteiger charge is -2.45. The third-order valence-electron chi connectivity index (χ3n) is 4.07. The van der Waals surface area contributed by atoms with E-state index in [0.29, 0.717) is 17.4 Å². The van der Waals surface area contributed by atoms with E-state index >= 15 is 0 Å². The summed E-state index contributed by atoms with van der Waals surface area (Å²) in [6.45, 7) is 6.36. The van der Waals surface area contributed by atoms with Crippen LogP contribution < -0.4 is 0 Å². The fourth-order valence-electron chi connectivity index (χ4n) is 3.03. The van der Waals surface area contributed by atoms with Crippen molar-refractivity contribution in [2.24, 2.45) is 17.3 Å². The molecule has 82 valence electrons. The Bertz CT molecular complexity index is 363. The summed E-state index contributed by atoms with van der Waals surface area (Å²) in [6.07, 6.45) is 6.28. The number of carbonyl (C=O) groups is 1. The molecule has 0 aromatic carbocycles. The van der Waals surface area contributed by atoms with E-state index in [9.17, 15) is 9.90 Å². The Morgan fingerprint density at radius 2 is 2.27 bits per heavy atom. The minimum absolute atomic E-state index is 0.204. The van der Waals surface area contributed by atoms with Crippen molar-refractivity contribution in [2.75, 3.05) is 0 Å². The molecule has 2 nitrogen and oxygen atoms in total. The van der Waals surface area contributed by atoms with Gasteiger partial charge in [-0.3, -0.25) is 0 Å². The summed E-state index contributed by atoms with van der Waals surface area (Å²) in [4.78, 5) is 11.3. The van der Waals surface area contributed by atoms with E-state index in [-0.39, 0.29) is 5.41 Å². The second kappa shape index (κ2) is 3.22. The largest absolute Gasteiger partial charge is 0.478 e. The van der Waals surface area contributed by atoms with E-state index in [4.69, 9.17) is 0 Å². The summed E-state index contributed by atoms with van der Waals surface area (Å²) >= 11 is 0. The van der Waals surface area contributed by atoms with Crippen molar-refractivity contribution < 1.29 is 9.90 Å². The molecule has 0 aromatic heterocycles. The molecule has 0 amide bonds. The summed E-state index contributed by atoms with van der Waals surface area (Å²) in [5.74, 6) is -0.00933. The van der Waals surface area contributed by atoms with Crippen LogP contribution >= 0.6 is 0 Å². The van der Waals surface area contributed by atoms with E-state index in [0.717, 1.165) is 12.8 Å². The number of hydrogen-bond acceptors (Lipinski definition) is 1. The molecule has 3 rings (SSSR count). The van der Waals surface area contributed by atoms with Crippen LogP contribution in [0.2, 0.25) is 0 Å². The quantitative estimate of drug-likeness (QED) is 0.705. The zero-order chi connectivity index (χ0) is 11.2. The molecule has 0 heterocycles. The molecular formula is C13H18O2. The van der Waals surface area contributed by atoms with Gasteiger partial charge in [0.1, 0.15) is 0 Å². The van der Waals surface area contributed by atoms with Gasteiger partial charge in [-0.2, -0.15) is 0 Å². The Labute approximate surface area is 90.7 Å².